The number of ether oxygens (including phenoxy) is 1. The van der Waals surface area contributed by atoms with Crippen molar-refractivity contribution < 1.29 is 14.6 Å². The fraction of sp³-hybridized carbons (Fsp3) is 0.182. The summed E-state index contributed by atoms with van der Waals surface area (Å²) >= 11 is 1.42. The van der Waals surface area contributed by atoms with Gasteiger partial charge in [0.1, 0.15) is 16.9 Å². The van der Waals surface area contributed by atoms with Gasteiger partial charge in [0.2, 0.25) is 5.88 Å². The first-order chi connectivity index (χ1) is 14.8. The van der Waals surface area contributed by atoms with E-state index in [4.69, 9.17) is 4.74 Å². The minimum atomic E-state index is -0.965. The third-order valence-electron chi connectivity index (χ3n) is 4.97. The fourth-order valence-corrected chi connectivity index (χ4v) is 4.62. The number of allylic oxidation sites excluding steroid dienone is 1. The summed E-state index contributed by atoms with van der Waals surface area (Å²) in [6, 6.07) is 7.50. The zero-order valence-electron chi connectivity index (χ0n) is 17.3. The van der Waals surface area contributed by atoms with E-state index in [-0.39, 0.29) is 5.56 Å². The minimum absolute atomic E-state index is 0.263. The van der Waals surface area contributed by atoms with Crippen LogP contribution in [0.1, 0.15) is 38.0 Å². The van der Waals surface area contributed by atoms with Gasteiger partial charge in [-0.25, -0.2) is 14.8 Å². The number of imidazole rings is 1. The second-order valence-corrected chi connectivity index (χ2v) is 8.28. The molecule has 156 valence electrons. The van der Waals surface area contributed by atoms with E-state index in [1.54, 1.807) is 24.4 Å². The maximum atomic E-state index is 11.7. The first-order valence-electron chi connectivity index (χ1n) is 9.37. The highest BCUT2D eigenvalue weighted by Gasteiger charge is 2.20. The summed E-state index contributed by atoms with van der Waals surface area (Å²) in [6.07, 6.45) is 3.36. The molecule has 4 aromatic heterocycles. The number of hydrogen-bond acceptors (Lipinski definition) is 6. The Balaban J connectivity index is 1.81. The number of carbonyl (C=O) groups is 1. The van der Waals surface area contributed by atoms with Crippen LogP contribution in [-0.4, -0.2) is 37.7 Å². The monoisotopic (exact) mass is 433 g/mol. The Hall–Kier alpha value is -3.90. The lowest BCUT2D eigenvalue weighted by molar-refractivity contribution is 0.0697. The van der Waals surface area contributed by atoms with Crippen LogP contribution in [0, 0.1) is 32.1 Å². The number of rotatable bonds is 5. The number of carboxylic acids is 1. The number of aromatic amines is 1. The number of carboxylic acid groups (broad SMARTS) is 1. The summed E-state index contributed by atoms with van der Waals surface area (Å²) in [7, 11) is 1.53. The number of H-pyrrole nitrogens is 1. The minimum Gasteiger partial charge on any atom is -0.481 e. The van der Waals surface area contributed by atoms with Gasteiger partial charge >= 0.3 is 5.97 Å². The van der Waals surface area contributed by atoms with Crippen LogP contribution in [0.5, 0.6) is 5.88 Å². The fourth-order valence-electron chi connectivity index (χ4n) is 3.51. The third kappa shape index (κ3) is 3.58. The number of nitrogens with zero attached hydrogens (tertiary/aromatic N) is 4. The van der Waals surface area contributed by atoms with Gasteiger partial charge in [-0.1, -0.05) is 0 Å². The molecule has 0 radical (unpaired) electrons. The predicted octanol–water partition coefficient (Wildman–Crippen LogP) is 4.51. The van der Waals surface area contributed by atoms with E-state index >= 15 is 0 Å². The number of nitrogens with one attached hydrogen (secondary N) is 1. The molecule has 4 rings (SSSR count). The average molecular weight is 433 g/mol. The highest BCUT2D eigenvalue weighted by atomic mass is 32.1. The number of fused-ring (bicyclic) bond motifs is 1. The molecule has 0 unspecified atom stereocenters. The molecule has 0 spiro atoms. The van der Waals surface area contributed by atoms with Gasteiger partial charge in [-0.15, -0.1) is 11.3 Å². The van der Waals surface area contributed by atoms with Crippen molar-refractivity contribution in [2.24, 2.45) is 0 Å². The van der Waals surface area contributed by atoms with Gasteiger partial charge in [0, 0.05) is 22.3 Å². The first kappa shape index (κ1) is 20.4. The van der Waals surface area contributed by atoms with Crippen molar-refractivity contribution in [1.82, 2.24) is 19.5 Å². The highest BCUT2D eigenvalue weighted by Crippen LogP contribution is 2.32. The molecular weight excluding hydrogens is 414 g/mol. The van der Waals surface area contributed by atoms with Crippen LogP contribution in [0.15, 0.2) is 24.4 Å². The average Bonchev–Trinajstić information content (AvgIpc) is 3.40. The topological polar surface area (TPSA) is 117 Å². The van der Waals surface area contributed by atoms with Crippen molar-refractivity contribution in [3.8, 4) is 17.0 Å². The maximum Gasteiger partial charge on any atom is 0.338 e. The molecule has 0 saturated heterocycles. The normalized spacial score (nSPS) is 11.6. The second-order valence-electron chi connectivity index (χ2n) is 7.04. The maximum absolute atomic E-state index is 11.7. The van der Waals surface area contributed by atoms with E-state index in [1.807, 2.05) is 31.4 Å². The van der Waals surface area contributed by atoms with Gasteiger partial charge in [0.25, 0.3) is 0 Å². The number of nitriles is 1. The van der Waals surface area contributed by atoms with Crippen LogP contribution < -0.4 is 4.74 Å². The lowest BCUT2D eigenvalue weighted by Gasteiger charge is -2.08. The Morgan fingerprint density at radius 3 is 2.77 bits per heavy atom. The number of aromatic carboxylic acids is 1. The molecule has 0 aromatic carbocycles. The van der Waals surface area contributed by atoms with Crippen LogP contribution in [0.3, 0.4) is 0 Å². The summed E-state index contributed by atoms with van der Waals surface area (Å²) in [4.78, 5) is 24.4. The Labute approximate surface area is 182 Å². The molecule has 31 heavy (non-hydrogen) atoms. The molecule has 0 fully saturated rings. The summed E-state index contributed by atoms with van der Waals surface area (Å²) in [5.74, 6) is -0.0967. The molecule has 0 atom stereocenters. The number of aromatic nitrogens is 4. The standard InChI is InChI=1S/C22H19N5O3S/c1-11-5-14(13(3)27(11)21-16(22(28)29)6-12(2)31-21)7-15(9-23)20-25-17-8-19(30-4)24-10-18(17)26-20/h5-8,10H,1-4H3,(H,25,26)(H,28,29)/b15-7+. The number of pyridine rings is 1. The van der Waals surface area contributed by atoms with E-state index in [2.05, 4.69) is 21.0 Å². The van der Waals surface area contributed by atoms with Crippen molar-refractivity contribution >= 4 is 40.0 Å². The number of hydrogen-bond donors (Lipinski definition) is 2. The third-order valence-corrected chi connectivity index (χ3v) is 6.00. The van der Waals surface area contributed by atoms with E-state index in [9.17, 15) is 15.2 Å². The van der Waals surface area contributed by atoms with Gasteiger partial charge in [-0.3, -0.25) is 0 Å². The molecule has 4 heterocycles. The summed E-state index contributed by atoms with van der Waals surface area (Å²) in [5, 5.41) is 20.0. The Morgan fingerprint density at radius 2 is 2.10 bits per heavy atom. The quantitative estimate of drug-likeness (QED) is 0.447. The second kappa shape index (κ2) is 7.74. The molecule has 0 bridgehead atoms. The molecule has 0 saturated carbocycles. The predicted molar refractivity (Wildman–Crippen MR) is 119 cm³/mol. The Bertz CT molecular complexity index is 1400. The van der Waals surface area contributed by atoms with Crippen molar-refractivity contribution in [2.45, 2.75) is 20.8 Å². The summed E-state index contributed by atoms with van der Waals surface area (Å²) in [5.41, 5.74) is 4.50. The van der Waals surface area contributed by atoms with Gasteiger partial charge in [-0.2, -0.15) is 5.26 Å². The van der Waals surface area contributed by atoms with Crippen molar-refractivity contribution in [3.05, 3.63) is 57.6 Å². The van der Waals surface area contributed by atoms with Crippen molar-refractivity contribution in [3.63, 3.8) is 0 Å². The highest BCUT2D eigenvalue weighted by molar-refractivity contribution is 7.14. The van der Waals surface area contributed by atoms with Gasteiger partial charge in [0.15, 0.2) is 0 Å². The van der Waals surface area contributed by atoms with E-state index < -0.39 is 5.97 Å². The largest absolute Gasteiger partial charge is 0.481 e. The van der Waals surface area contributed by atoms with Gasteiger partial charge in [0.05, 0.1) is 35.5 Å². The Morgan fingerprint density at radius 1 is 1.32 bits per heavy atom. The van der Waals surface area contributed by atoms with Crippen LogP contribution in [0.4, 0.5) is 0 Å². The lowest BCUT2D eigenvalue weighted by Crippen LogP contribution is -2.04. The molecule has 0 aliphatic rings. The Kier molecular flexibility index (Phi) is 5.09. The van der Waals surface area contributed by atoms with Crippen LogP contribution >= 0.6 is 11.3 Å². The molecule has 9 heteroatoms. The smallest absolute Gasteiger partial charge is 0.338 e. The van der Waals surface area contributed by atoms with Crippen LogP contribution in [0.2, 0.25) is 0 Å². The van der Waals surface area contributed by atoms with Crippen molar-refractivity contribution in [1.29, 1.82) is 5.26 Å². The lowest BCUT2D eigenvalue weighted by atomic mass is 10.1. The number of thiophene rings is 1. The molecular formula is C22H19N5O3S. The van der Waals surface area contributed by atoms with E-state index in [0.29, 0.717) is 33.3 Å². The van der Waals surface area contributed by atoms with Gasteiger partial charge < -0.3 is 19.4 Å². The molecule has 2 N–H and O–H groups in total. The first-order valence-corrected chi connectivity index (χ1v) is 10.2. The molecule has 0 amide bonds. The summed E-state index contributed by atoms with van der Waals surface area (Å²) < 4.78 is 7.04. The number of methoxy groups -OCH3 is 1. The molecule has 8 nitrogen and oxygen atoms in total. The molecule has 0 aliphatic heterocycles. The van der Waals surface area contributed by atoms with Gasteiger partial charge in [-0.05, 0) is 44.5 Å². The van der Waals surface area contributed by atoms with E-state index in [0.717, 1.165) is 21.8 Å². The zero-order chi connectivity index (χ0) is 22.3. The number of aryl methyl sites for hydroxylation is 2. The molecule has 4 aromatic rings. The van der Waals surface area contributed by atoms with Crippen molar-refractivity contribution in [2.75, 3.05) is 7.11 Å². The molecule has 0 aliphatic carbocycles. The van der Waals surface area contributed by atoms with Crippen LogP contribution in [-0.2, 0) is 0 Å². The summed E-state index contributed by atoms with van der Waals surface area (Å²) in [6.45, 7) is 5.70. The van der Waals surface area contributed by atoms with Crippen LogP contribution in [0.25, 0.3) is 27.7 Å². The zero-order valence-corrected chi connectivity index (χ0v) is 18.2. The SMILES string of the molecule is COc1cc2nc(/C(C#N)=C/c3cc(C)n(-c4sc(C)cc4C(=O)O)c3C)[nH]c2cn1. The van der Waals surface area contributed by atoms with E-state index in [1.165, 1.54) is 18.4 Å².